The summed E-state index contributed by atoms with van der Waals surface area (Å²) in [6.45, 7) is 7.17. The molecule has 2 saturated heterocycles. The standard InChI is InChI=1S/C26H30F3N3O2/c27-26(28,29)22-5-1-4-21(19-22)23(32-14-17-33-18-15-32)7-9-30-10-12-31(13-11-30)24-6-2-3-20-8-16-34-25(20)24/h1-6,8,16,19,23H,7,9-15,17-18H2. The average molecular weight is 474 g/mol. The van der Waals surface area contributed by atoms with Crippen LogP contribution in [0.25, 0.3) is 11.0 Å². The van der Waals surface area contributed by atoms with Crippen LogP contribution in [0.5, 0.6) is 0 Å². The minimum Gasteiger partial charge on any atom is -0.462 e. The van der Waals surface area contributed by atoms with Gasteiger partial charge in [0.1, 0.15) is 0 Å². The summed E-state index contributed by atoms with van der Waals surface area (Å²) in [5.74, 6) is 0. The molecule has 182 valence electrons. The zero-order valence-corrected chi connectivity index (χ0v) is 19.1. The Kier molecular flexibility index (Phi) is 6.81. The van der Waals surface area contributed by atoms with Gasteiger partial charge in [-0.15, -0.1) is 0 Å². The molecule has 2 aliphatic rings. The molecule has 5 nitrogen and oxygen atoms in total. The first-order valence-electron chi connectivity index (χ1n) is 11.9. The van der Waals surface area contributed by atoms with Crippen molar-refractivity contribution in [3.05, 3.63) is 65.9 Å². The Labute approximate surface area is 197 Å². The van der Waals surface area contributed by atoms with E-state index in [2.05, 4.69) is 32.9 Å². The number of fused-ring (bicyclic) bond motifs is 1. The highest BCUT2D eigenvalue weighted by atomic mass is 19.4. The molecule has 1 atom stereocenters. The normalized spacial score (nSPS) is 19.6. The Morgan fingerprint density at radius 3 is 2.41 bits per heavy atom. The number of anilines is 1. The molecule has 34 heavy (non-hydrogen) atoms. The number of benzene rings is 2. The van der Waals surface area contributed by atoms with E-state index in [0.29, 0.717) is 13.2 Å². The summed E-state index contributed by atoms with van der Waals surface area (Å²) in [7, 11) is 0. The molecule has 0 saturated carbocycles. The zero-order valence-electron chi connectivity index (χ0n) is 19.1. The van der Waals surface area contributed by atoms with Gasteiger partial charge in [0.05, 0.1) is 30.7 Å². The van der Waals surface area contributed by atoms with Crippen molar-refractivity contribution in [3.63, 3.8) is 0 Å². The fourth-order valence-corrected chi connectivity index (χ4v) is 5.11. The van der Waals surface area contributed by atoms with Crippen molar-refractivity contribution in [1.29, 1.82) is 0 Å². The van der Waals surface area contributed by atoms with Crippen LogP contribution in [0, 0.1) is 0 Å². The predicted octanol–water partition coefficient (Wildman–Crippen LogP) is 5.04. The van der Waals surface area contributed by atoms with Gasteiger partial charge in [-0.25, -0.2) is 0 Å². The number of hydrogen-bond acceptors (Lipinski definition) is 5. The number of para-hydroxylation sites is 1. The molecule has 8 heteroatoms. The molecule has 5 rings (SSSR count). The van der Waals surface area contributed by atoms with Crippen molar-refractivity contribution in [2.45, 2.75) is 18.6 Å². The van der Waals surface area contributed by atoms with E-state index in [4.69, 9.17) is 9.15 Å². The van der Waals surface area contributed by atoms with Gasteiger partial charge in [0.25, 0.3) is 0 Å². The molecule has 2 aromatic carbocycles. The van der Waals surface area contributed by atoms with Crippen LogP contribution >= 0.6 is 0 Å². The SMILES string of the molecule is FC(F)(F)c1cccc(C(CCN2CCN(c3cccc4ccoc34)CC2)N2CCOCC2)c1. The van der Waals surface area contributed by atoms with Crippen molar-refractivity contribution in [2.24, 2.45) is 0 Å². The Morgan fingerprint density at radius 1 is 0.882 bits per heavy atom. The molecule has 3 aromatic rings. The van der Waals surface area contributed by atoms with Gasteiger partial charge in [0.15, 0.2) is 5.58 Å². The maximum absolute atomic E-state index is 13.4. The van der Waals surface area contributed by atoms with Crippen LogP contribution in [0.4, 0.5) is 18.9 Å². The number of halogens is 3. The van der Waals surface area contributed by atoms with Crippen LogP contribution in [-0.4, -0.2) is 68.8 Å². The van der Waals surface area contributed by atoms with E-state index in [1.165, 1.54) is 12.1 Å². The summed E-state index contributed by atoms with van der Waals surface area (Å²) < 4.78 is 51.2. The number of alkyl halides is 3. The molecule has 0 radical (unpaired) electrons. The van der Waals surface area contributed by atoms with Crippen LogP contribution in [0.2, 0.25) is 0 Å². The van der Waals surface area contributed by atoms with E-state index in [9.17, 15) is 13.2 Å². The van der Waals surface area contributed by atoms with E-state index >= 15 is 0 Å². The van der Waals surface area contributed by atoms with Gasteiger partial charge < -0.3 is 14.1 Å². The van der Waals surface area contributed by atoms with Gasteiger partial charge in [-0.3, -0.25) is 9.80 Å². The number of morpholine rings is 1. The van der Waals surface area contributed by atoms with Crippen molar-refractivity contribution in [1.82, 2.24) is 9.80 Å². The predicted molar refractivity (Wildman–Crippen MR) is 126 cm³/mol. The first kappa shape index (κ1) is 23.2. The van der Waals surface area contributed by atoms with E-state index in [1.54, 1.807) is 6.26 Å². The van der Waals surface area contributed by atoms with Crippen LogP contribution in [0.3, 0.4) is 0 Å². The molecule has 0 spiro atoms. The first-order valence-corrected chi connectivity index (χ1v) is 11.9. The summed E-state index contributed by atoms with van der Waals surface area (Å²) in [6.07, 6.45) is -1.82. The number of furan rings is 1. The Balaban J connectivity index is 1.25. The monoisotopic (exact) mass is 473 g/mol. The van der Waals surface area contributed by atoms with Crippen molar-refractivity contribution >= 4 is 16.7 Å². The number of nitrogens with zero attached hydrogens (tertiary/aromatic N) is 3. The van der Waals surface area contributed by atoms with E-state index in [0.717, 1.165) is 80.5 Å². The summed E-state index contributed by atoms with van der Waals surface area (Å²) in [4.78, 5) is 7.04. The molecule has 1 aromatic heterocycles. The van der Waals surface area contributed by atoms with Gasteiger partial charge in [-0.2, -0.15) is 13.2 Å². The second-order valence-corrected chi connectivity index (χ2v) is 9.02. The average Bonchev–Trinajstić information content (AvgIpc) is 3.34. The quantitative estimate of drug-likeness (QED) is 0.501. The number of piperazine rings is 1. The maximum Gasteiger partial charge on any atom is 0.416 e. The first-order chi connectivity index (χ1) is 16.5. The third kappa shape index (κ3) is 5.09. The number of ether oxygens (including phenoxy) is 1. The Hall–Kier alpha value is -2.55. The minimum absolute atomic E-state index is 0.0545. The van der Waals surface area contributed by atoms with E-state index in [-0.39, 0.29) is 6.04 Å². The number of rotatable bonds is 6. The van der Waals surface area contributed by atoms with Crippen molar-refractivity contribution in [2.75, 3.05) is 63.9 Å². The van der Waals surface area contributed by atoms with Crippen LogP contribution in [0.15, 0.2) is 59.2 Å². The molecule has 1 unspecified atom stereocenters. The molecule has 2 aliphatic heterocycles. The van der Waals surface area contributed by atoms with E-state index in [1.807, 2.05) is 12.1 Å². The maximum atomic E-state index is 13.4. The topological polar surface area (TPSA) is 32.1 Å². The van der Waals surface area contributed by atoms with Crippen LogP contribution < -0.4 is 4.90 Å². The third-order valence-electron chi connectivity index (χ3n) is 6.98. The molecule has 0 N–H and O–H groups in total. The highest BCUT2D eigenvalue weighted by Crippen LogP contribution is 2.34. The molecule has 0 amide bonds. The minimum atomic E-state index is -4.33. The van der Waals surface area contributed by atoms with Gasteiger partial charge in [0.2, 0.25) is 0 Å². The summed E-state index contributed by atoms with van der Waals surface area (Å²) in [5.41, 5.74) is 2.20. The van der Waals surface area contributed by atoms with Gasteiger partial charge in [-0.1, -0.05) is 24.3 Å². The summed E-state index contributed by atoms with van der Waals surface area (Å²) >= 11 is 0. The fraction of sp³-hybridized carbons (Fsp3) is 0.462. The fourth-order valence-electron chi connectivity index (χ4n) is 5.11. The van der Waals surface area contributed by atoms with Crippen molar-refractivity contribution in [3.8, 4) is 0 Å². The summed E-state index contributed by atoms with van der Waals surface area (Å²) in [5, 5.41) is 1.11. The highest BCUT2D eigenvalue weighted by molar-refractivity contribution is 5.89. The third-order valence-corrected chi connectivity index (χ3v) is 6.98. The Morgan fingerprint density at radius 2 is 1.65 bits per heavy atom. The lowest BCUT2D eigenvalue weighted by atomic mass is 9.98. The molecular formula is C26H30F3N3O2. The Bertz CT molecular complexity index is 1090. The van der Waals surface area contributed by atoms with Crippen LogP contribution in [0.1, 0.15) is 23.6 Å². The van der Waals surface area contributed by atoms with Gasteiger partial charge in [-0.05, 0) is 36.2 Å². The van der Waals surface area contributed by atoms with Gasteiger partial charge >= 0.3 is 6.18 Å². The molecule has 2 fully saturated rings. The van der Waals surface area contributed by atoms with Gasteiger partial charge in [0, 0.05) is 57.2 Å². The zero-order chi connectivity index (χ0) is 23.5. The number of hydrogen-bond donors (Lipinski definition) is 0. The molecule has 0 aliphatic carbocycles. The second kappa shape index (κ2) is 9.98. The van der Waals surface area contributed by atoms with E-state index < -0.39 is 11.7 Å². The second-order valence-electron chi connectivity index (χ2n) is 9.02. The molecule has 0 bridgehead atoms. The molecular weight excluding hydrogens is 443 g/mol. The lowest BCUT2D eigenvalue weighted by Crippen LogP contribution is -2.47. The summed E-state index contributed by atoms with van der Waals surface area (Å²) in [6, 6.07) is 14.0. The van der Waals surface area contributed by atoms with Crippen LogP contribution in [-0.2, 0) is 10.9 Å². The smallest absolute Gasteiger partial charge is 0.416 e. The highest BCUT2D eigenvalue weighted by Gasteiger charge is 2.32. The van der Waals surface area contributed by atoms with Crippen molar-refractivity contribution < 1.29 is 22.3 Å². The molecule has 3 heterocycles. The lowest BCUT2D eigenvalue weighted by Gasteiger charge is -2.39. The largest absolute Gasteiger partial charge is 0.462 e. The lowest BCUT2D eigenvalue weighted by molar-refractivity contribution is -0.137.